The normalized spacial score (nSPS) is 17.1. The Labute approximate surface area is 148 Å². The minimum absolute atomic E-state index is 0.672. The summed E-state index contributed by atoms with van der Waals surface area (Å²) in [7, 11) is 1.77. The van der Waals surface area contributed by atoms with Gasteiger partial charge in [-0.05, 0) is 31.5 Å². The lowest BCUT2D eigenvalue weighted by molar-refractivity contribution is 0.104. The van der Waals surface area contributed by atoms with Crippen LogP contribution >= 0.6 is 0 Å². The maximum Gasteiger partial charge on any atom is 0.0589 e. The Morgan fingerprint density at radius 3 is 2.21 bits per heavy atom. The van der Waals surface area contributed by atoms with E-state index in [0.29, 0.717) is 6.04 Å². The highest BCUT2D eigenvalue weighted by Crippen LogP contribution is 2.12. The third kappa shape index (κ3) is 6.17. The Morgan fingerprint density at radius 1 is 1.04 bits per heavy atom. The fourth-order valence-electron chi connectivity index (χ4n) is 3.27. The van der Waals surface area contributed by atoms with E-state index in [2.05, 4.69) is 59.7 Å². The first-order valence-corrected chi connectivity index (χ1v) is 9.38. The average molecular weight is 334 g/mol. The van der Waals surface area contributed by atoms with Crippen LogP contribution in [0.25, 0.3) is 0 Å². The highest BCUT2D eigenvalue weighted by molar-refractivity contribution is 5.22. The van der Waals surface area contributed by atoms with Crippen molar-refractivity contribution in [3.05, 3.63) is 35.4 Å². The zero-order valence-corrected chi connectivity index (χ0v) is 16.0. The van der Waals surface area contributed by atoms with Gasteiger partial charge in [0.2, 0.25) is 0 Å². The van der Waals surface area contributed by atoms with Gasteiger partial charge in [-0.1, -0.05) is 31.2 Å². The van der Waals surface area contributed by atoms with Gasteiger partial charge in [0.25, 0.3) is 0 Å². The van der Waals surface area contributed by atoms with Crippen LogP contribution in [-0.2, 0) is 17.8 Å². The molecule has 0 bridgehead atoms. The Balaban J connectivity index is 1.79. The van der Waals surface area contributed by atoms with Crippen LogP contribution in [0.1, 0.15) is 31.9 Å². The fourth-order valence-corrected chi connectivity index (χ4v) is 3.27. The molecule has 1 aromatic carbocycles. The van der Waals surface area contributed by atoms with Gasteiger partial charge < -0.3 is 4.74 Å². The molecule has 0 amide bonds. The quantitative estimate of drug-likeness (QED) is 0.691. The molecule has 136 valence electrons. The smallest absolute Gasteiger partial charge is 0.0589 e. The van der Waals surface area contributed by atoms with E-state index < -0.39 is 0 Å². The van der Waals surface area contributed by atoms with Crippen molar-refractivity contribution in [1.29, 1.82) is 0 Å². The number of piperazine rings is 1. The largest absolute Gasteiger partial charge is 0.383 e. The van der Waals surface area contributed by atoms with Crippen LogP contribution in [0.3, 0.4) is 0 Å². The molecule has 24 heavy (non-hydrogen) atoms. The molecule has 0 unspecified atom stereocenters. The lowest BCUT2D eigenvalue weighted by Gasteiger charge is -2.37. The van der Waals surface area contributed by atoms with Gasteiger partial charge >= 0.3 is 0 Å². The van der Waals surface area contributed by atoms with Gasteiger partial charge in [-0.15, -0.1) is 0 Å². The molecule has 0 aliphatic carbocycles. The number of rotatable bonds is 9. The number of benzene rings is 1. The van der Waals surface area contributed by atoms with Crippen molar-refractivity contribution in [1.82, 2.24) is 14.7 Å². The van der Waals surface area contributed by atoms with Crippen molar-refractivity contribution in [3.63, 3.8) is 0 Å². The summed E-state index contributed by atoms with van der Waals surface area (Å²) in [5.41, 5.74) is 2.82. The van der Waals surface area contributed by atoms with Crippen LogP contribution in [-0.4, -0.2) is 73.7 Å². The third-order valence-corrected chi connectivity index (χ3v) is 5.03. The molecule has 1 aromatic rings. The van der Waals surface area contributed by atoms with E-state index in [9.17, 15) is 0 Å². The number of ether oxygens (including phenoxy) is 1. The molecule has 0 spiro atoms. The van der Waals surface area contributed by atoms with Gasteiger partial charge in [-0.2, -0.15) is 0 Å². The molecule has 0 radical (unpaired) electrons. The van der Waals surface area contributed by atoms with E-state index in [-0.39, 0.29) is 0 Å². The van der Waals surface area contributed by atoms with Crippen molar-refractivity contribution < 1.29 is 4.74 Å². The van der Waals surface area contributed by atoms with Gasteiger partial charge in [0.15, 0.2) is 0 Å². The van der Waals surface area contributed by atoms with Gasteiger partial charge in [0.05, 0.1) is 6.61 Å². The second-order valence-electron chi connectivity index (χ2n) is 7.08. The summed E-state index contributed by atoms with van der Waals surface area (Å²) >= 11 is 0. The van der Waals surface area contributed by atoms with Crippen LogP contribution in [0.2, 0.25) is 0 Å². The van der Waals surface area contributed by atoms with E-state index in [0.717, 1.165) is 32.8 Å². The van der Waals surface area contributed by atoms with Crippen LogP contribution in [0, 0.1) is 0 Å². The van der Waals surface area contributed by atoms with Gasteiger partial charge in [-0.3, -0.25) is 14.7 Å². The monoisotopic (exact) mass is 333 g/mol. The summed E-state index contributed by atoms with van der Waals surface area (Å²) in [6, 6.07) is 9.85. The first kappa shape index (κ1) is 19.4. The van der Waals surface area contributed by atoms with E-state index in [1.165, 1.54) is 37.3 Å². The molecular formula is C20H35N3O. The number of hydrogen-bond donors (Lipinski definition) is 0. The number of nitrogens with zero attached hydrogens (tertiary/aromatic N) is 3. The summed E-state index contributed by atoms with van der Waals surface area (Å²) in [6.07, 6.45) is 0. The molecule has 1 fully saturated rings. The van der Waals surface area contributed by atoms with Crippen molar-refractivity contribution >= 4 is 0 Å². The fraction of sp³-hybridized carbons (Fsp3) is 0.700. The second-order valence-corrected chi connectivity index (χ2v) is 7.08. The highest BCUT2D eigenvalue weighted by atomic mass is 16.5. The molecule has 4 heteroatoms. The van der Waals surface area contributed by atoms with Crippen LogP contribution in [0.4, 0.5) is 0 Å². The minimum atomic E-state index is 0.672. The topological polar surface area (TPSA) is 19.0 Å². The SMILES string of the molecule is CCN(CCOC)Cc1ccc(CN2CCN(C(C)C)CC2)cc1. The van der Waals surface area contributed by atoms with Crippen molar-refractivity contribution in [3.8, 4) is 0 Å². The third-order valence-electron chi connectivity index (χ3n) is 5.03. The minimum Gasteiger partial charge on any atom is -0.383 e. The van der Waals surface area contributed by atoms with Gasteiger partial charge in [0.1, 0.15) is 0 Å². The molecule has 0 atom stereocenters. The molecule has 4 nitrogen and oxygen atoms in total. The number of methoxy groups -OCH3 is 1. The Kier molecular flexibility index (Phi) is 8.19. The molecule has 0 N–H and O–H groups in total. The standard InChI is InChI=1S/C20H35N3O/c1-5-21(14-15-24-4)16-19-6-8-20(9-7-19)17-22-10-12-23(13-11-22)18(2)3/h6-9,18H,5,10-17H2,1-4H3. The maximum atomic E-state index is 5.19. The molecular weight excluding hydrogens is 298 g/mol. The molecule has 1 heterocycles. The van der Waals surface area contributed by atoms with Crippen molar-refractivity contribution in [2.75, 3.05) is 53.0 Å². The summed E-state index contributed by atoms with van der Waals surface area (Å²) in [4.78, 5) is 7.56. The predicted octanol–water partition coefficient (Wildman–Crippen LogP) is 2.68. The number of likely N-dealkylation sites (N-methyl/N-ethyl adjacent to an activating group) is 1. The summed E-state index contributed by atoms with van der Waals surface area (Å²) < 4.78 is 5.19. The molecule has 0 saturated carbocycles. The Hall–Kier alpha value is -0.940. The predicted molar refractivity (Wildman–Crippen MR) is 101 cm³/mol. The van der Waals surface area contributed by atoms with Crippen molar-refractivity contribution in [2.45, 2.75) is 39.9 Å². The zero-order valence-electron chi connectivity index (χ0n) is 16.0. The van der Waals surface area contributed by atoms with Crippen molar-refractivity contribution in [2.24, 2.45) is 0 Å². The van der Waals surface area contributed by atoms with E-state index in [1.807, 2.05) is 0 Å². The van der Waals surface area contributed by atoms with Gasteiger partial charge in [0, 0.05) is 59.0 Å². The molecule has 2 rings (SSSR count). The Morgan fingerprint density at radius 2 is 1.67 bits per heavy atom. The lowest BCUT2D eigenvalue weighted by atomic mass is 10.1. The Bertz CT molecular complexity index is 452. The molecule has 1 aliphatic rings. The summed E-state index contributed by atoms with van der Waals surface area (Å²) in [6.45, 7) is 16.5. The first-order valence-electron chi connectivity index (χ1n) is 9.38. The highest BCUT2D eigenvalue weighted by Gasteiger charge is 2.18. The summed E-state index contributed by atoms with van der Waals surface area (Å²) in [5, 5.41) is 0. The van der Waals surface area contributed by atoms with Crippen LogP contribution < -0.4 is 0 Å². The van der Waals surface area contributed by atoms with Gasteiger partial charge in [-0.25, -0.2) is 0 Å². The van der Waals surface area contributed by atoms with E-state index in [1.54, 1.807) is 7.11 Å². The van der Waals surface area contributed by atoms with Crippen LogP contribution in [0.15, 0.2) is 24.3 Å². The zero-order chi connectivity index (χ0) is 17.4. The summed E-state index contributed by atoms with van der Waals surface area (Å²) in [5.74, 6) is 0. The van der Waals surface area contributed by atoms with Crippen LogP contribution in [0.5, 0.6) is 0 Å². The molecule has 0 aromatic heterocycles. The molecule has 1 aliphatic heterocycles. The average Bonchev–Trinajstić information content (AvgIpc) is 2.60. The first-order chi connectivity index (χ1) is 11.6. The maximum absolute atomic E-state index is 5.19. The lowest BCUT2D eigenvalue weighted by Crippen LogP contribution is -2.48. The molecule has 1 saturated heterocycles. The van der Waals surface area contributed by atoms with E-state index >= 15 is 0 Å². The second kappa shape index (κ2) is 10.1. The number of hydrogen-bond acceptors (Lipinski definition) is 4. The van der Waals surface area contributed by atoms with E-state index in [4.69, 9.17) is 4.74 Å².